The van der Waals surface area contributed by atoms with Crippen molar-refractivity contribution in [2.24, 2.45) is 0 Å². The van der Waals surface area contributed by atoms with E-state index in [-0.39, 0.29) is 0 Å². The van der Waals surface area contributed by atoms with Crippen molar-refractivity contribution in [1.29, 1.82) is 0 Å². The number of rotatable bonds is 10. The first-order valence-corrected chi connectivity index (χ1v) is 20.3. The lowest BCUT2D eigenvalue weighted by molar-refractivity contribution is 0.340. The standard InChI is InChI=1S/C25H24OS.C24H23NOS/c1-4-26-21-12-8-19(9-13-21)16-23-22-14-7-18(3)15-24(22)27-25(23)20-10-5-17(2)6-11-20;1-4-26-20-12-10-19(11-13-20)25-23-21-14-7-17(3)15-22(21)27-24(23)18-8-5-16(2)6-9-18/h5-15H,4,16H2,1-3H3;5-15,25H,4H2,1-3H3. The molecule has 0 saturated heterocycles. The van der Waals surface area contributed by atoms with Crippen molar-refractivity contribution in [3.8, 4) is 32.4 Å². The van der Waals surface area contributed by atoms with Crippen LogP contribution in [0.4, 0.5) is 11.4 Å². The number of nitrogens with one attached hydrogen (secondary N) is 1. The summed E-state index contributed by atoms with van der Waals surface area (Å²) < 4.78 is 13.8. The summed E-state index contributed by atoms with van der Waals surface area (Å²) in [6.45, 7) is 14.0. The summed E-state index contributed by atoms with van der Waals surface area (Å²) in [5.74, 6) is 1.83. The van der Waals surface area contributed by atoms with Gasteiger partial charge < -0.3 is 14.8 Å². The van der Waals surface area contributed by atoms with Gasteiger partial charge in [-0.05, 0) is 135 Å². The maximum Gasteiger partial charge on any atom is 0.119 e. The van der Waals surface area contributed by atoms with E-state index in [0.717, 1.165) is 23.6 Å². The molecule has 0 aliphatic heterocycles. The Kier molecular flexibility index (Phi) is 11.5. The highest BCUT2D eigenvalue weighted by Gasteiger charge is 2.16. The van der Waals surface area contributed by atoms with Crippen LogP contribution in [-0.2, 0) is 6.42 Å². The summed E-state index contributed by atoms with van der Waals surface area (Å²) in [6, 6.07) is 47.8. The first-order valence-electron chi connectivity index (χ1n) is 18.7. The molecule has 0 spiro atoms. The van der Waals surface area contributed by atoms with Crippen LogP contribution in [0.15, 0.2) is 133 Å². The van der Waals surface area contributed by atoms with E-state index >= 15 is 0 Å². The summed E-state index contributed by atoms with van der Waals surface area (Å²) in [5.41, 5.74) is 12.7. The normalized spacial score (nSPS) is 11.0. The minimum absolute atomic E-state index is 0.679. The van der Waals surface area contributed by atoms with Crippen LogP contribution in [0.3, 0.4) is 0 Å². The molecule has 0 fully saturated rings. The van der Waals surface area contributed by atoms with Gasteiger partial charge in [0, 0.05) is 25.4 Å². The van der Waals surface area contributed by atoms with Crippen molar-refractivity contribution < 1.29 is 9.47 Å². The van der Waals surface area contributed by atoms with Gasteiger partial charge in [-0.2, -0.15) is 0 Å². The molecule has 2 aromatic heterocycles. The van der Waals surface area contributed by atoms with E-state index in [4.69, 9.17) is 9.47 Å². The molecule has 8 rings (SSSR count). The largest absolute Gasteiger partial charge is 0.494 e. The zero-order valence-electron chi connectivity index (χ0n) is 32.0. The summed E-state index contributed by atoms with van der Waals surface area (Å²) in [7, 11) is 0. The Hall–Kier alpha value is -5.36. The Morgan fingerprint density at radius 2 is 0.944 bits per heavy atom. The van der Waals surface area contributed by atoms with Gasteiger partial charge in [-0.15, -0.1) is 22.7 Å². The van der Waals surface area contributed by atoms with E-state index in [1.165, 1.54) is 80.1 Å². The van der Waals surface area contributed by atoms with Gasteiger partial charge in [-0.1, -0.05) is 96.1 Å². The minimum Gasteiger partial charge on any atom is -0.494 e. The Morgan fingerprint density at radius 3 is 1.50 bits per heavy atom. The first kappa shape index (κ1) is 37.0. The number of ether oxygens (including phenoxy) is 2. The molecule has 272 valence electrons. The summed E-state index contributed by atoms with van der Waals surface area (Å²) in [6.07, 6.45) is 0.929. The first-order chi connectivity index (χ1) is 26.3. The predicted molar refractivity (Wildman–Crippen MR) is 235 cm³/mol. The summed E-state index contributed by atoms with van der Waals surface area (Å²) >= 11 is 3.74. The van der Waals surface area contributed by atoms with Crippen molar-refractivity contribution >= 4 is 54.2 Å². The molecule has 2 heterocycles. The molecule has 0 aliphatic carbocycles. The van der Waals surface area contributed by atoms with Gasteiger partial charge in [-0.25, -0.2) is 0 Å². The van der Waals surface area contributed by atoms with Gasteiger partial charge >= 0.3 is 0 Å². The topological polar surface area (TPSA) is 30.5 Å². The quantitative estimate of drug-likeness (QED) is 0.151. The zero-order valence-corrected chi connectivity index (χ0v) is 33.6. The van der Waals surface area contributed by atoms with E-state index in [2.05, 4.69) is 154 Å². The van der Waals surface area contributed by atoms with E-state index in [1.54, 1.807) is 0 Å². The maximum absolute atomic E-state index is 5.59. The molecule has 5 heteroatoms. The molecule has 3 nitrogen and oxygen atoms in total. The molecule has 0 unspecified atom stereocenters. The molecule has 0 amide bonds. The lowest BCUT2D eigenvalue weighted by Gasteiger charge is -2.10. The number of thiophene rings is 2. The van der Waals surface area contributed by atoms with Crippen LogP contribution in [-0.4, -0.2) is 13.2 Å². The predicted octanol–water partition coefficient (Wildman–Crippen LogP) is 14.5. The fourth-order valence-electron chi connectivity index (χ4n) is 6.63. The average molecular weight is 746 g/mol. The monoisotopic (exact) mass is 745 g/mol. The Balaban J connectivity index is 0.000000167. The lowest BCUT2D eigenvalue weighted by atomic mass is 9.98. The molecule has 0 bridgehead atoms. The van der Waals surface area contributed by atoms with Gasteiger partial charge in [-0.3, -0.25) is 0 Å². The lowest BCUT2D eigenvalue weighted by Crippen LogP contribution is -1.93. The molecule has 0 saturated carbocycles. The van der Waals surface area contributed by atoms with Crippen LogP contribution in [0.25, 0.3) is 41.1 Å². The van der Waals surface area contributed by atoms with E-state index < -0.39 is 0 Å². The minimum atomic E-state index is 0.679. The fourth-order valence-corrected chi connectivity index (χ4v) is 9.21. The Morgan fingerprint density at radius 1 is 0.481 bits per heavy atom. The molecule has 1 N–H and O–H groups in total. The molecule has 54 heavy (non-hydrogen) atoms. The highest BCUT2D eigenvalue weighted by atomic mass is 32.1. The number of hydrogen-bond donors (Lipinski definition) is 1. The smallest absolute Gasteiger partial charge is 0.119 e. The van der Waals surface area contributed by atoms with Gasteiger partial charge in [0.05, 0.1) is 23.8 Å². The van der Waals surface area contributed by atoms with Crippen LogP contribution in [0.2, 0.25) is 0 Å². The van der Waals surface area contributed by atoms with Gasteiger partial charge in [0.25, 0.3) is 0 Å². The van der Waals surface area contributed by atoms with Gasteiger partial charge in [0.2, 0.25) is 0 Å². The Bertz CT molecular complexity index is 2300. The fraction of sp³-hybridized carbons (Fsp3) is 0.184. The summed E-state index contributed by atoms with van der Waals surface area (Å²) in [4.78, 5) is 2.65. The average Bonchev–Trinajstić information content (AvgIpc) is 3.71. The van der Waals surface area contributed by atoms with E-state index in [9.17, 15) is 0 Å². The molecule has 6 aromatic carbocycles. The van der Waals surface area contributed by atoms with Crippen molar-refractivity contribution in [2.75, 3.05) is 18.5 Å². The number of hydrogen-bond acceptors (Lipinski definition) is 5. The van der Waals surface area contributed by atoms with Gasteiger partial charge in [0.1, 0.15) is 11.5 Å². The van der Waals surface area contributed by atoms with Crippen LogP contribution in [0.1, 0.15) is 47.2 Å². The highest BCUT2D eigenvalue weighted by molar-refractivity contribution is 7.23. The van der Waals surface area contributed by atoms with Crippen LogP contribution in [0.5, 0.6) is 11.5 Å². The molecular formula is C49H47NO2S2. The van der Waals surface area contributed by atoms with Crippen molar-refractivity contribution in [2.45, 2.75) is 48.0 Å². The van der Waals surface area contributed by atoms with Crippen LogP contribution in [0, 0.1) is 27.7 Å². The Labute approximate surface area is 327 Å². The maximum atomic E-state index is 5.59. The third kappa shape index (κ3) is 8.54. The third-order valence-corrected chi connectivity index (χ3v) is 11.9. The number of fused-ring (bicyclic) bond motifs is 2. The zero-order chi connectivity index (χ0) is 37.6. The second-order valence-corrected chi connectivity index (χ2v) is 15.9. The molecule has 0 atom stereocenters. The van der Waals surface area contributed by atoms with Crippen molar-refractivity contribution in [3.63, 3.8) is 0 Å². The third-order valence-electron chi connectivity index (χ3n) is 9.47. The molecule has 8 aromatic rings. The van der Waals surface area contributed by atoms with Crippen molar-refractivity contribution in [3.05, 3.63) is 167 Å². The van der Waals surface area contributed by atoms with Crippen molar-refractivity contribution in [1.82, 2.24) is 0 Å². The summed E-state index contributed by atoms with van der Waals surface area (Å²) in [5, 5.41) is 6.28. The van der Waals surface area contributed by atoms with E-state index in [0.29, 0.717) is 13.2 Å². The number of aryl methyl sites for hydroxylation is 4. The number of benzene rings is 6. The van der Waals surface area contributed by atoms with E-state index in [1.807, 2.05) is 48.7 Å². The SMILES string of the molecule is CCOc1ccc(Cc2c(-c3ccc(C)cc3)sc3cc(C)ccc23)cc1.CCOc1ccc(Nc2c(-c3ccc(C)cc3)sc3cc(C)ccc23)cc1. The molecule has 0 aliphatic rings. The highest BCUT2D eigenvalue weighted by Crippen LogP contribution is 2.45. The molecule has 0 radical (unpaired) electrons. The van der Waals surface area contributed by atoms with Gasteiger partial charge in [0.15, 0.2) is 0 Å². The van der Waals surface area contributed by atoms with Crippen LogP contribution >= 0.6 is 22.7 Å². The second-order valence-electron chi connectivity index (χ2n) is 13.8. The second kappa shape index (κ2) is 16.8. The molecular weight excluding hydrogens is 699 g/mol. The van der Waals surface area contributed by atoms with Crippen LogP contribution < -0.4 is 14.8 Å². The number of anilines is 2.